The first-order valence-electron chi connectivity index (χ1n) is 5.04. The van der Waals surface area contributed by atoms with Gasteiger partial charge < -0.3 is 25.2 Å². The fourth-order valence-electron chi connectivity index (χ4n) is 1.45. The van der Waals surface area contributed by atoms with Crippen molar-refractivity contribution >= 4 is 11.9 Å². The Morgan fingerprint density at radius 1 is 1.18 bits per heavy atom. The van der Waals surface area contributed by atoms with Crippen LogP contribution >= 0.6 is 0 Å². The lowest BCUT2D eigenvalue weighted by atomic mass is 10.4. The lowest BCUT2D eigenvalue weighted by Crippen LogP contribution is -2.29. The zero-order valence-electron chi connectivity index (χ0n) is 9.09. The predicted octanol–water partition coefficient (Wildman–Crippen LogP) is -1.10. The van der Waals surface area contributed by atoms with Crippen molar-refractivity contribution in [2.24, 2.45) is 0 Å². The SMILES string of the molecule is O=C(O)c1ccc(C(=O)NCCO)n1CCO. The third-order valence-corrected chi connectivity index (χ3v) is 2.15. The number of carbonyl (C=O) groups excluding carboxylic acids is 1. The minimum absolute atomic E-state index is 0.0243. The van der Waals surface area contributed by atoms with E-state index in [2.05, 4.69) is 5.32 Å². The number of amides is 1. The van der Waals surface area contributed by atoms with E-state index in [1.807, 2.05) is 0 Å². The quantitative estimate of drug-likeness (QED) is 0.506. The molecule has 0 fully saturated rings. The molecule has 1 heterocycles. The molecule has 7 heteroatoms. The van der Waals surface area contributed by atoms with Crippen LogP contribution in [0.5, 0.6) is 0 Å². The number of carboxylic acid groups (broad SMARTS) is 1. The van der Waals surface area contributed by atoms with Crippen LogP contribution in [0.2, 0.25) is 0 Å². The standard InChI is InChI=1S/C10H14N2O5/c13-5-3-11-9(15)7-1-2-8(10(16)17)12(7)4-6-14/h1-2,13-14H,3-6H2,(H,11,15)(H,16,17). The molecule has 94 valence electrons. The van der Waals surface area contributed by atoms with Crippen LogP contribution in [0.15, 0.2) is 12.1 Å². The first-order valence-corrected chi connectivity index (χ1v) is 5.04. The lowest BCUT2D eigenvalue weighted by molar-refractivity contribution is 0.0683. The van der Waals surface area contributed by atoms with E-state index < -0.39 is 11.9 Å². The Balaban J connectivity index is 2.98. The molecule has 1 rings (SSSR count). The normalized spacial score (nSPS) is 10.2. The monoisotopic (exact) mass is 242 g/mol. The van der Waals surface area contributed by atoms with Crippen LogP contribution < -0.4 is 5.32 Å². The lowest BCUT2D eigenvalue weighted by Gasteiger charge is -2.09. The largest absolute Gasteiger partial charge is 0.477 e. The summed E-state index contributed by atoms with van der Waals surface area (Å²) < 4.78 is 1.22. The van der Waals surface area contributed by atoms with Crippen LogP contribution in [0.25, 0.3) is 0 Å². The number of carboxylic acids is 1. The molecule has 0 saturated heterocycles. The summed E-state index contributed by atoms with van der Waals surface area (Å²) in [6.45, 7) is -0.352. The summed E-state index contributed by atoms with van der Waals surface area (Å²) in [6.07, 6.45) is 0. The fourth-order valence-corrected chi connectivity index (χ4v) is 1.45. The maximum Gasteiger partial charge on any atom is 0.352 e. The molecule has 0 aliphatic rings. The van der Waals surface area contributed by atoms with E-state index in [1.165, 1.54) is 16.7 Å². The summed E-state index contributed by atoms with van der Waals surface area (Å²) in [6, 6.07) is 2.66. The molecule has 7 nitrogen and oxygen atoms in total. The van der Waals surface area contributed by atoms with E-state index in [9.17, 15) is 9.59 Å². The minimum Gasteiger partial charge on any atom is -0.477 e. The molecule has 0 spiro atoms. The van der Waals surface area contributed by atoms with Crippen molar-refractivity contribution in [3.05, 3.63) is 23.5 Å². The van der Waals surface area contributed by atoms with Gasteiger partial charge in [0, 0.05) is 13.1 Å². The van der Waals surface area contributed by atoms with Crippen LogP contribution in [0.3, 0.4) is 0 Å². The summed E-state index contributed by atoms with van der Waals surface area (Å²) in [7, 11) is 0. The molecule has 0 aliphatic carbocycles. The highest BCUT2D eigenvalue weighted by atomic mass is 16.4. The smallest absolute Gasteiger partial charge is 0.352 e. The molecular formula is C10H14N2O5. The Kier molecular flexibility index (Phi) is 4.68. The van der Waals surface area contributed by atoms with Crippen molar-refractivity contribution in [1.29, 1.82) is 0 Å². The third kappa shape index (κ3) is 3.05. The second kappa shape index (κ2) is 6.02. The zero-order chi connectivity index (χ0) is 12.8. The highest BCUT2D eigenvalue weighted by Gasteiger charge is 2.17. The van der Waals surface area contributed by atoms with Crippen LogP contribution in [0.1, 0.15) is 21.0 Å². The van der Waals surface area contributed by atoms with Gasteiger partial charge in [-0.3, -0.25) is 4.79 Å². The molecule has 17 heavy (non-hydrogen) atoms. The number of aliphatic hydroxyl groups is 2. The number of aliphatic hydroxyl groups excluding tert-OH is 2. The molecule has 0 radical (unpaired) electrons. The Morgan fingerprint density at radius 2 is 1.82 bits per heavy atom. The van der Waals surface area contributed by atoms with Gasteiger partial charge in [0.05, 0.1) is 13.2 Å². The van der Waals surface area contributed by atoms with E-state index >= 15 is 0 Å². The van der Waals surface area contributed by atoms with Gasteiger partial charge in [-0.1, -0.05) is 0 Å². The van der Waals surface area contributed by atoms with E-state index in [0.717, 1.165) is 0 Å². The molecular weight excluding hydrogens is 228 g/mol. The van der Waals surface area contributed by atoms with E-state index in [-0.39, 0.29) is 37.7 Å². The van der Waals surface area contributed by atoms with Crippen LogP contribution in [0.4, 0.5) is 0 Å². The average molecular weight is 242 g/mol. The summed E-state index contributed by atoms with van der Waals surface area (Å²) in [5, 5.41) is 28.7. The molecule has 0 bridgehead atoms. The van der Waals surface area contributed by atoms with Gasteiger partial charge in [0.1, 0.15) is 11.4 Å². The van der Waals surface area contributed by atoms with Gasteiger partial charge in [-0.15, -0.1) is 0 Å². The van der Waals surface area contributed by atoms with Gasteiger partial charge in [-0.05, 0) is 12.1 Å². The number of aromatic nitrogens is 1. The van der Waals surface area contributed by atoms with Crippen LogP contribution in [-0.4, -0.2) is 51.5 Å². The van der Waals surface area contributed by atoms with E-state index in [4.69, 9.17) is 15.3 Å². The van der Waals surface area contributed by atoms with Gasteiger partial charge in [0.2, 0.25) is 0 Å². The second-order valence-electron chi connectivity index (χ2n) is 3.26. The summed E-state index contributed by atoms with van der Waals surface area (Å²) in [5.74, 6) is -1.65. The molecule has 0 aliphatic heterocycles. The van der Waals surface area contributed by atoms with Gasteiger partial charge in [-0.25, -0.2) is 4.79 Å². The number of rotatable bonds is 6. The van der Waals surface area contributed by atoms with Crippen molar-refractivity contribution in [3.8, 4) is 0 Å². The highest BCUT2D eigenvalue weighted by Crippen LogP contribution is 2.09. The topological polar surface area (TPSA) is 112 Å². The zero-order valence-corrected chi connectivity index (χ0v) is 9.09. The van der Waals surface area contributed by atoms with Gasteiger partial charge in [0.15, 0.2) is 0 Å². The molecule has 0 atom stereocenters. The Bertz CT molecular complexity index is 413. The molecule has 1 amide bonds. The summed E-state index contributed by atoms with van der Waals surface area (Å²) in [4.78, 5) is 22.5. The first-order chi connectivity index (χ1) is 8.11. The van der Waals surface area contributed by atoms with Crippen molar-refractivity contribution in [2.45, 2.75) is 6.54 Å². The predicted molar refractivity (Wildman–Crippen MR) is 57.9 cm³/mol. The average Bonchev–Trinajstić information content (AvgIpc) is 2.70. The first kappa shape index (κ1) is 13.2. The van der Waals surface area contributed by atoms with Crippen LogP contribution in [0, 0.1) is 0 Å². The number of aromatic carboxylic acids is 1. The Labute approximate surface area is 97.3 Å². The van der Waals surface area contributed by atoms with Gasteiger partial charge >= 0.3 is 5.97 Å². The molecule has 1 aromatic heterocycles. The Hall–Kier alpha value is -1.86. The van der Waals surface area contributed by atoms with Crippen molar-refractivity contribution in [3.63, 3.8) is 0 Å². The summed E-state index contributed by atoms with van der Waals surface area (Å²) in [5.41, 5.74) is 0.0816. The number of carbonyl (C=O) groups is 2. The maximum absolute atomic E-state index is 11.6. The number of hydrogen-bond donors (Lipinski definition) is 4. The third-order valence-electron chi connectivity index (χ3n) is 2.15. The number of hydrogen-bond acceptors (Lipinski definition) is 4. The fraction of sp³-hybridized carbons (Fsp3) is 0.400. The molecule has 4 N–H and O–H groups in total. The highest BCUT2D eigenvalue weighted by molar-refractivity contribution is 5.95. The van der Waals surface area contributed by atoms with E-state index in [1.54, 1.807) is 0 Å². The van der Waals surface area contributed by atoms with Crippen molar-refractivity contribution in [2.75, 3.05) is 19.8 Å². The molecule has 0 saturated carbocycles. The number of nitrogens with one attached hydrogen (secondary N) is 1. The maximum atomic E-state index is 11.6. The second-order valence-corrected chi connectivity index (χ2v) is 3.26. The Morgan fingerprint density at radius 3 is 2.35 bits per heavy atom. The van der Waals surface area contributed by atoms with Gasteiger partial charge in [0.25, 0.3) is 5.91 Å². The van der Waals surface area contributed by atoms with E-state index in [0.29, 0.717) is 0 Å². The number of nitrogens with zero attached hydrogens (tertiary/aromatic N) is 1. The molecule has 0 aromatic carbocycles. The van der Waals surface area contributed by atoms with Gasteiger partial charge in [-0.2, -0.15) is 0 Å². The summed E-state index contributed by atoms with van der Waals surface area (Å²) >= 11 is 0. The molecule has 0 unspecified atom stereocenters. The van der Waals surface area contributed by atoms with Crippen molar-refractivity contribution in [1.82, 2.24) is 9.88 Å². The van der Waals surface area contributed by atoms with Crippen molar-refractivity contribution < 1.29 is 24.9 Å². The minimum atomic E-state index is -1.17. The molecule has 1 aromatic rings. The van der Waals surface area contributed by atoms with Crippen LogP contribution in [-0.2, 0) is 6.54 Å².